The quantitative estimate of drug-likeness (QED) is 0.471. The van der Waals surface area contributed by atoms with Gasteiger partial charge in [0, 0.05) is 12.6 Å². The van der Waals surface area contributed by atoms with E-state index in [1.807, 2.05) is 45.9 Å². The van der Waals surface area contributed by atoms with Gasteiger partial charge in [-0.2, -0.15) is 10.2 Å². The van der Waals surface area contributed by atoms with Crippen LogP contribution in [-0.2, 0) is 11.2 Å². The summed E-state index contributed by atoms with van der Waals surface area (Å²) in [5.41, 5.74) is 4.03. The van der Waals surface area contributed by atoms with Crippen molar-refractivity contribution >= 4 is 6.09 Å². The Hall–Kier alpha value is -3.86. The second-order valence-electron chi connectivity index (χ2n) is 7.74. The summed E-state index contributed by atoms with van der Waals surface area (Å²) in [5.74, 6) is 1.31. The van der Waals surface area contributed by atoms with Gasteiger partial charge in [0.1, 0.15) is 11.8 Å². The van der Waals surface area contributed by atoms with Crippen molar-refractivity contribution in [2.24, 2.45) is 0 Å². The van der Waals surface area contributed by atoms with Gasteiger partial charge in [-0.1, -0.05) is 37.2 Å². The summed E-state index contributed by atoms with van der Waals surface area (Å²) < 4.78 is 16.2. The van der Waals surface area contributed by atoms with E-state index < -0.39 is 6.09 Å². The van der Waals surface area contributed by atoms with Crippen LogP contribution in [0.3, 0.4) is 0 Å². The van der Waals surface area contributed by atoms with Crippen LogP contribution in [0.2, 0.25) is 0 Å². The van der Waals surface area contributed by atoms with Gasteiger partial charge in [0.2, 0.25) is 5.82 Å². The molecule has 1 N–H and O–H groups in total. The molecule has 0 aliphatic heterocycles. The number of hydrogen-bond donors (Lipinski definition) is 1. The van der Waals surface area contributed by atoms with E-state index in [9.17, 15) is 10.1 Å². The molecule has 1 heterocycles. The number of rotatable bonds is 6. The molecule has 2 aromatic carbocycles. The Balaban J connectivity index is 0.00000140. The molecule has 0 fully saturated rings. The Morgan fingerprint density at radius 1 is 1.32 bits per heavy atom. The smallest absolute Gasteiger partial charge is 0.407 e. The predicted molar refractivity (Wildman–Crippen MR) is 130 cm³/mol. The van der Waals surface area contributed by atoms with E-state index in [1.54, 1.807) is 25.1 Å². The van der Waals surface area contributed by atoms with Crippen molar-refractivity contribution in [3.63, 3.8) is 0 Å². The molecule has 0 spiro atoms. The van der Waals surface area contributed by atoms with Gasteiger partial charge >= 0.3 is 6.09 Å². The second kappa shape index (κ2) is 11.3. The number of carbonyl (C=O) groups excluding carboxylic acids is 1. The Labute approximate surface area is 201 Å². The maximum Gasteiger partial charge on any atom is 0.407 e. The Kier molecular flexibility index (Phi) is 8.25. The van der Waals surface area contributed by atoms with Crippen LogP contribution in [0.1, 0.15) is 65.2 Å². The zero-order valence-electron chi connectivity index (χ0n) is 20.2. The van der Waals surface area contributed by atoms with Crippen molar-refractivity contribution in [2.45, 2.75) is 59.6 Å². The molecule has 1 atom stereocenters. The standard InChI is InChI=1S/C24H24N4O4.C2H6.H2/c1-4-30-24(29)26-20-10-9-17-18(20)6-5-7-19(17)22-27-23(32-28-22)15-8-11-21(31-14(2)3)16(12-15)13-25;1-2;/h5-8,11-12,14,20H,4,9-10H2,1-3H3,(H,26,29);1-2H3;1H/t20-;;/m0../s1. The highest BCUT2D eigenvalue weighted by molar-refractivity contribution is 5.70. The highest BCUT2D eigenvalue weighted by Gasteiger charge is 2.28. The van der Waals surface area contributed by atoms with Gasteiger partial charge in [-0.3, -0.25) is 0 Å². The fourth-order valence-corrected chi connectivity index (χ4v) is 3.89. The zero-order chi connectivity index (χ0) is 24.7. The van der Waals surface area contributed by atoms with E-state index in [0.29, 0.717) is 35.2 Å². The number of fused-ring (bicyclic) bond motifs is 1. The van der Waals surface area contributed by atoms with E-state index >= 15 is 0 Å². The van der Waals surface area contributed by atoms with Crippen molar-refractivity contribution in [1.29, 1.82) is 5.26 Å². The molecule has 4 rings (SSSR count). The number of nitriles is 1. The lowest BCUT2D eigenvalue weighted by Gasteiger charge is -2.14. The molecule has 3 aromatic rings. The molecular weight excluding hydrogens is 432 g/mol. The Bertz CT molecular complexity index is 1190. The first-order valence-corrected chi connectivity index (χ1v) is 11.6. The third kappa shape index (κ3) is 5.37. The molecule has 180 valence electrons. The highest BCUT2D eigenvalue weighted by atomic mass is 16.5. The van der Waals surface area contributed by atoms with Crippen molar-refractivity contribution in [3.05, 3.63) is 53.1 Å². The number of carbonyl (C=O) groups is 1. The molecule has 1 amide bonds. The number of ether oxygens (including phenoxy) is 2. The SMILES string of the molecule is CC.CCOC(=O)N[C@H]1CCc2c(-c3noc(-c4ccc(OC(C)C)c(C#N)c4)n3)cccc21.[HH]. The fraction of sp³-hybridized carbons (Fsp3) is 0.385. The average Bonchev–Trinajstić information content (AvgIpc) is 3.48. The lowest BCUT2D eigenvalue weighted by molar-refractivity contribution is 0.148. The number of hydrogen-bond acceptors (Lipinski definition) is 7. The second-order valence-corrected chi connectivity index (χ2v) is 7.74. The van der Waals surface area contributed by atoms with E-state index in [0.717, 1.165) is 29.5 Å². The molecule has 34 heavy (non-hydrogen) atoms. The van der Waals surface area contributed by atoms with Crippen molar-refractivity contribution in [1.82, 2.24) is 15.5 Å². The van der Waals surface area contributed by atoms with Gasteiger partial charge in [-0.25, -0.2) is 4.79 Å². The van der Waals surface area contributed by atoms with Crippen LogP contribution in [0, 0.1) is 11.3 Å². The molecule has 1 aliphatic rings. The largest absolute Gasteiger partial charge is 0.490 e. The molecular formula is C26H32N4O4. The summed E-state index contributed by atoms with van der Waals surface area (Å²) in [4.78, 5) is 16.4. The average molecular weight is 465 g/mol. The van der Waals surface area contributed by atoms with Gasteiger partial charge in [0.05, 0.1) is 24.3 Å². The van der Waals surface area contributed by atoms with Crippen LogP contribution in [0.25, 0.3) is 22.8 Å². The zero-order valence-corrected chi connectivity index (χ0v) is 20.2. The lowest BCUT2D eigenvalue weighted by Crippen LogP contribution is -2.27. The third-order valence-electron chi connectivity index (χ3n) is 5.21. The van der Waals surface area contributed by atoms with Crippen LogP contribution in [-0.4, -0.2) is 28.9 Å². The maximum absolute atomic E-state index is 11.9. The number of benzene rings is 2. The van der Waals surface area contributed by atoms with Gasteiger partial charge in [0.25, 0.3) is 5.89 Å². The summed E-state index contributed by atoms with van der Waals surface area (Å²) in [7, 11) is 0. The summed E-state index contributed by atoms with van der Waals surface area (Å²) in [6.07, 6.45) is 1.10. The van der Waals surface area contributed by atoms with E-state index in [-0.39, 0.29) is 13.6 Å². The first kappa shape index (κ1) is 24.8. The summed E-state index contributed by atoms with van der Waals surface area (Å²) >= 11 is 0. The van der Waals surface area contributed by atoms with E-state index in [1.165, 1.54) is 0 Å². The van der Waals surface area contributed by atoms with Crippen LogP contribution < -0.4 is 10.1 Å². The molecule has 0 bridgehead atoms. The molecule has 0 unspecified atom stereocenters. The number of nitrogens with one attached hydrogen (secondary N) is 1. The molecule has 1 aliphatic carbocycles. The van der Waals surface area contributed by atoms with Gasteiger partial charge in [-0.15, -0.1) is 0 Å². The van der Waals surface area contributed by atoms with Crippen LogP contribution in [0.15, 0.2) is 40.9 Å². The predicted octanol–water partition coefficient (Wildman–Crippen LogP) is 6.07. The topological polar surface area (TPSA) is 110 Å². The first-order chi connectivity index (χ1) is 16.5. The Morgan fingerprint density at radius 2 is 2.12 bits per heavy atom. The molecule has 0 radical (unpaired) electrons. The third-order valence-corrected chi connectivity index (χ3v) is 5.21. The molecule has 0 saturated carbocycles. The number of alkyl carbamates (subject to hydrolysis) is 1. The highest BCUT2D eigenvalue weighted by Crippen LogP contribution is 2.37. The van der Waals surface area contributed by atoms with Crippen molar-refractivity contribution < 1.29 is 20.2 Å². The lowest BCUT2D eigenvalue weighted by atomic mass is 10.0. The van der Waals surface area contributed by atoms with E-state index in [2.05, 4.69) is 21.5 Å². The molecule has 8 heteroatoms. The fourth-order valence-electron chi connectivity index (χ4n) is 3.89. The minimum absolute atomic E-state index is 0. The van der Waals surface area contributed by atoms with Gasteiger partial charge < -0.3 is 19.3 Å². The summed E-state index contributed by atoms with van der Waals surface area (Å²) in [6.45, 7) is 9.92. The van der Waals surface area contributed by atoms with Gasteiger partial charge in [0.15, 0.2) is 0 Å². The Morgan fingerprint density at radius 3 is 2.82 bits per heavy atom. The van der Waals surface area contributed by atoms with Crippen molar-refractivity contribution in [3.8, 4) is 34.7 Å². The minimum Gasteiger partial charge on any atom is -0.490 e. The minimum atomic E-state index is -0.421. The van der Waals surface area contributed by atoms with Crippen molar-refractivity contribution in [2.75, 3.05) is 6.61 Å². The molecule has 0 saturated heterocycles. The van der Waals surface area contributed by atoms with Crippen LogP contribution in [0.5, 0.6) is 5.75 Å². The monoisotopic (exact) mass is 464 g/mol. The van der Waals surface area contributed by atoms with E-state index in [4.69, 9.17) is 14.0 Å². The van der Waals surface area contributed by atoms with Gasteiger partial charge in [-0.05, 0) is 62.9 Å². The first-order valence-electron chi connectivity index (χ1n) is 11.6. The molecule has 8 nitrogen and oxygen atoms in total. The summed E-state index contributed by atoms with van der Waals surface area (Å²) in [5, 5.41) is 16.6. The number of nitrogens with zero attached hydrogens (tertiary/aromatic N) is 3. The molecule has 1 aromatic heterocycles. The number of aromatic nitrogens is 2. The summed E-state index contributed by atoms with van der Waals surface area (Å²) in [6, 6.07) is 13.1. The maximum atomic E-state index is 11.9. The number of amides is 1. The normalized spacial score (nSPS) is 14.0. The van der Waals surface area contributed by atoms with Crippen LogP contribution >= 0.6 is 0 Å². The van der Waals surface area contributed by atoms with Crippen LogP contribution in [0.4, 0.5) is 4.79 Å².